The summed E-state index contributed by atoms with van der Waals surface area (Å²) in [5.74, 6) is 0.170. The van der Waals surface area contributed by atoms with E-state index in [0.717, 1.165) is 12.8 Å². The van der Waals surface area contributed by atoms with Gasteiger partial charge in [0, 0.05) is 0 Å². The molecule has 0 saturated heterocycles. The minimum absolute atomic E-state index is 0.170. The highest BCUT2D eigenvalue weighted by Crippen LogP contribution is 2.01. The van der Waals surface area contributed by atoms with E-state index in [2.05, 4.69) is 15.0 Å². The molecule has 0 aliphatic rings. The lowest BCUT2D eigenvalue weighted by Gasteiger charge is -2.02. The number of anilines is 1. The van der Waals surface area contributed by atoms with Gasteiger partial charge in [-0.3, -0.25) is 0 Å². The van der Waals surface area contributed by atoms with Crippen LogP contribution in [-0.4, -0.2) is 28.1 Å². The lowest BCUT2D eigenvalue weighted by atomic mass is 10.3. The van der Waals surface area contributed by atoms with Crippen LogP contribution in [0.25, 0.3) is 0 Å². The molecule has 4 N–H and O–H groups in total. The highest BCUT2D eigenvalue weighted by atomic mass is 16.5. The Bertz CT molecular complexity index is 254. The molecule has 6 heteroatoms. The average Bonchev–Trinajstić information content (AvgIpc) is 2.13. The molecule has 0 bridgehead atoms. The van der Waals surface area contributed by atoms with Crippen molar-refractivity contribution in [2.45, 2.75) is 12.8 Å². The summed E-state index contributed by atoms with van der Waals surface area (Å²) in [5.41, 5.74) is 10.6. The number of nitrogens with two attached hydrogens (primary N) is 2. The lowest BCUT2D eigenvalue weighted by Crippen LogP contribution is -2.06. The van der Waals surface area contributed by atoms with Crippen LogP contribution in [0.4, 0.5) is 5.95 Å². The van der Waals surface area contributed by atoms with Gasteiger partial charge >= 0.3 is 6.01 Å². The zero-order valence-electron chi connectivity index (χ0n) is 7.31. The van der Waals surface area contributed by atoms with Crippen LogP contribution in [0.2, 0.25) is 0 Å². The van der Waals surface area contributed by atoms with Gasteiger partial charge in [-0.25, -0.2) is 4.98 Å². The van der Waals surface area contributed by atoms with Gasteiger partial charge in [0.25, 0.3) is 0 Å². The SMILES string of the molecule is NCCCCOc1ncnc(N)n1. The van der Waals surface area contributed by atoms with Crippen LogP contribution in [0.5, 0.6) is 6.01 Å². The number of unbranched alkanes of at least 4 members (excludes halogenated alkanes) is 1. The van der Waals surface area contributed by atoms with Crippen LogP contribution in [-0.2, 0) is 0 Å². The second kappa shape index (κ2) is 5.26. The third-order valence-electron chi connectivity index (χ3n) is 1.40. The van der Waals surface area contributed by atoms with Gasteiger partial charge in [-0.05, 0) is 19.4 Å². The van der Waals surface area contributed by atoms with E-state index in [4.69, 9.17) is 16.2 Å². The summed E-state index contributed by atoms with van der Waals surface area (Å²) >= 11 is 0. The minimum Gasteiger partial charge on any atom is -0.463 e. The molecule has 0 spiro atoms. The molecule has 1 aromatic rings. The van der Waals surface area contributed by atoms with E-state index in [1.165, 1.54) is 6.33 Å². The molecule has 0 aliphatic carbocycles. The van der Waals surface area contributed by atoms with E-state index < -0.39 is 0 Å². The van der Waals surface area contributed by atoms with Crippen molar-refractivity contribution in [3.05, 3.63) is 6.33 Å². The molecule has 0 saturated carbocycles. The first-order valence-electron chi connectivity index (χ1n) is 4.10. The van der Waals surface area contributed by atoms with E-state index in [1.54, 1.807) is 0 Å². The van der Waals surface area contributed by atoms with Gasteiger partial charge in [0.15, 0.2) is 0 Å². The summed E-state index contributed by atoms with van der Waals surface area (Å²) in [6.45, 7) is 1.23. The molecule has 13 heavy (non-hydrogen) atoms. The monoisotopic (exact) mass is 183 g/mol. The van der Waals surface area contributed by atoms with Gasteiger partial charge in [0.1, 0.15) is 6.33 Å². The summed E-state index contributed by atoms with van der Waals surface area (Å²) in [5, 5.41) is 0. The normalized spacial score (nSPS) is 9.92. The number of ether oxygens (including phenoxy) is 1. The second-order valence-corrected chi connectivity index (χ2v) is 2.47. The summed E-state index contributed by atoms with van der Waals surface area (Å²) in [7, 11) is 0. The van der Waals surface area contributed by atoms with Crippen molar-refractivity contribution in [1.82, 2.24) is 15.0 Å². The Balaban J connectivity index is 2.28. The van der Waals surface area contributed by atoms with Crippen LogP contribution in [0, 0.1) is 0 Å². The summed E-state index contributed by atoms with van der Waals surface area (Å²) in [4.78, 5) is 11.2. The predicted molar refractivity (Wildman–Crippen MR) is 48.0 cm³/mol. The highest BCUT2D eigenvalue weighted by Gasteiger charge is 1.97. The first kappa shape index (κ1) is 9.66. The molecule has 1 heterocycles. The minimum atomic E-state index is 0.170. The number of hydrogen-bond acceptors (Lipinski definition) is 6. The number of nitrogens with zero attached hydrogens (tertiary/aromatic N) is 3. The molecule has 0 radical (unpaired) electrons. The average molecular weight is 183 g/mol. The van der Waals surface area contributed by atoms with Crippen molar-refractivity contribution < 1.29 is 4.74 Å². The molecule has 0 fully saturated rings. The van der Waals surface area contributed by atoms with Crippen LogP contribution in [0.3, 0.4) is 0 Å². The summed E-state index contributed by atoms with van der Waals surface area (Å²) in [6.07, 6.45) is 3.14. The topological polar surface area (TPSA) is 99.9 Å². The predicted octanol–water partition coefficient (Wildman–Crippen LogP) is -0.429. The molecule has 0 amide bonds. The molecule has 72 valence electrons. The van der Waals surface area contributed by atoms with Crippen molar-refractivity contribution in [3.8, 4) is 6.01 Å². The Morgan fingerprint density at radius 1 is 1.31 bits per heavy atom. The van der Waals surface area contributed by atoms with Gasteiger partial charge in [-0.15, -0.1) is 0 Å². The van der Waals surface area contributed by atoms with Gasteiger partial charge in [-0.1, -0.05) is 0 Å². The fourth-order valence-corrected chi connectivity index (χ4v) is 0.773. The lowest BCUT2D eigenvalue weighted by molar-refractivity contribution is 0.283. The second-order valence-electron chi connectivity index (χ2n) is 2.47. The number of nitrogen functional groups attached to an aromatic ring is 1. The molecule has 0 unspecified atom stereocenters. The van der Waals surface area contributed by atoms with Gasteiger partial charge < -0.3 is 16.2 Å². The van der Waals surface area contributed by atoms with E-state index in [-0.39, 0.29) is 12.0 Å². The molecular formula is C7H13N5O. The van der Waals surface area contributed by atoms with Gasteiger partial charge in [0.05, 0.1) is 6.61 Å². The number of aromatic nitrogens is 3. The third-order valence-corrected chi connectivity index (χ3v) is 1.40. The maximum absolute atomic E-state index is 5.33. The molecule has 0 aromatic carbocycles. The van der Waals surface area contributed by atoms with Crippen LogP contribution in [0.15, 0.2) is 6.33 Å². The maximum Gasteiger partial charge on any atom is 0.321 e. The first-order valence-corrected chi connectivity index (χ1v) is 4.10. The quantitative estimate of drug-likeness (QED) is 0.601. The zero-order chi connectivity index (χ0) is 9.52. The van der Waals surface area contributed by atoms with Crippen LogP contribution < -0.4 is 16.2 Å². The molecule has 0 atom stereocenters. The van der Waals surface area contributed by atoms with Crippen molar-refractivity contribution in [2.75, 3.05) is 18.9 Å². The Morgan fingerprint density at radius 3 is 2.85 bits per heavy atom. The summed E-state index contributed by atoms with van der Waals surface area (Å²) in [6, 6.07) is 0.268. The van der Waals surface area contributed by atoms with Crippen LogP contribution >= 0.6 is 0 Å². The maximum atomic E-state index is 5.33. The van der Waals surface area contributed by atoms with Crippen LogP contribution in [0.1, 0.15) is 12.8 Å². The molecular weight excluding hydrogens is 170 g/mol. The van der Waals surface area contributed by atoms with Gasteiger partial charge in [0.2, 0.25) is 5.95 Å². The van der Waals surface area contributed by atoms with E-state index in [9.17, 15) is 0 Å². The zero-order valence-corrected chi connectivity index (χ0v) is 7.31. The number of hydrogen-bond donors (Lipinski definition) is 2. The van der Waals surface area contributed by atoms with E-state index in [1.807, 2.05) is 0 Å². The van der Waals surface area contributed by atoms with Crippen molar-refractivity contribution in [1.29, 1.82) is 0 Å². The highest BCUT2D eigenvalue weighted by molar-refractivity contribution is 5.14. The Labute approximate surface area is 76.3 Å². The number of rotatable bonds is 5. The van der Waals surface area contributed by atoms with Crippen molar-refractivity contribution >= 4 is 5.95 Å². The smallest absolute Gasteiger partial charge is 0.321 e. The van der Waals surface area contributed by atoms with E-state index in [0.29, 0.717) is 13.2 Å². The fourth-order valence-electron chi connectivity index (χ4n) is 0.773. The van der Waals surface area contributed by atoms with Crippen molar-refractivity contribution in [3.63, 3.8) is 0 Å². The standard InChI is InChI=1S/C7H13N5O/c8-3-1-2-4-13-7-11-5-10-6(9)12-7/h5H,1-4,8H2,(H2,9,10,11,12). The molecule has 1 aromatic heterocycles. The summed E-state index contributed by atoms with van der Waals surface area (Å²) < 4.78 is 5.19. The van der Waals surface area contributed by atoms with Gasteiger partial charge in [-0.2, -0.15) is 9.97 Å². The Morgan fingerprint density at radius 2 is 2.15 bits per heavy atom. The molecule has 1 rings (SSSR count). The molecule has 0 aliphatic heterocycles. The Kier molecular flexibility index (Phi) is 3.90. The van der Waals surface area contributed by atoms with E-state index >= 15 is 0 Å². The first-order chi connectivity index (χ1) is 6.33. The largest absolute Gasteiger partial charge is 0.463 e. The Hall–Kier alpha value is -1.43. The van der Waals surface area contributed by atoms with Crippen molar-refractivity contribution in [2.24, 2.45) is 5.73 Å². The fraction of sp³-hybridized carbons (Fsp3) is 0.571. The third kappa shape index (κ3) is 3.66. The molecule has 6 nitrogen and oxygen atoms in total.